The molecule has 0 bridgehead atoms. The smallest absolute Gasteiger partial charge is 0.313 e. The molecule has 2 atom stereocenters. The van der Waals surface area contributed by atoms with Crippen LogP contribution in [0.5, 0.6) is 5.75 Å². The van der Waals surface area contributed by atoms with Crippen LogP contribution >= 0.6 is 0 Å². The number of carbonyl (C=O) groups is 1. The summed E-state index contributed by atoms with van der Waals surface area (Å²) in [6.07, 6.45) is 2.45. The van der Waals surface area contributed by atoms with Crippen LogP contribution < -0.4 is 4.74 Å². The molecule has 4 nitrogen and oxygen atoms in total. The third kappa shape index (κ3) is 3.20. The number of carbonyl (C=O) groups excluding carboxylic acids is 1. The van der Waals surface area contributed by atoms with Crippen molar-refractivity contribution >= 4 is 11.5 Å². The Kier molecular flexibility index (Phi) is 4.79. The largest absolute Gasteiger partial charge is 0.497 e. The number of rotatable bonds is 4. The molecule has 0 fully saturated rings. The fraction of sp³-hybridized carbons (Fsp3) is 0.438. The first-order valence-electron chi connectivity index (χ1n) is 6.86. The van der Waals surface area contributed by atoms with Crippen molar-refractivity contribution < 1.29 is 19.4 Å². The maximum Gasteiger partial charge on any atom is 0.313 e. The zero-order valence-electron chi connectivity index (χ0n) is 11.8. The van der Waals surface area contributed by atoms with Gasteiger partial charge in [0.25, 0.3) is 0 Å². The number of aliphatic hydroxyl groups excluding tert-OH is 1. The van der Waals surface area contributed by atoms with Crippen LogP contribution in [0.4, 0.5) is 0 Å². The monoisotopic (exact) mass is 276 g/mol. The highest BCUT2D eigenvalue weighted by Crippen LogP contribution is 2.34. The van der Waals surface area contributed by atoms with Crippen molar-refractivity contribution in [2.45, 2.75) is 25.9 Å². The van der Waals surface area contributed by atoms with Crippen molar-refractivity contribution in [1.82, 2.24) is 0 Å². The minimum absolute atomic E-state index is 0.221. The average molecular weight is 276 g/mol. The Balaban J connectivity index is 2.29. The Labute approximate surface area is 119 Å². The summed E-state index contributed by atoms with van der Waals surface area (Å²) in [5.41, 5.74) is 1.76. The Hall–Kier alpha value is -1.81. The number of hydrogen-bond donors (Lipinski definition) is 1. The van der Waals surface area contributed by atoms with Gasteiger partial charge in [-0.3, -0.25) is 4.79 Å². The normalized spacial score (nSPS) is 22.1. The van der Waals surface area contributed by atoms with Crippen LogP contribution in [0.2, 0.25) is 0 Å². The molecule has 0 aromatic heterocycles. The molecule has 108 valence electrons. The quantitative estimate of drug-likeness (QED) is 0.858. The summed E-state index contributed by atoms with van der Waals surface area (Å²) in [6.45, 7) is 2.17. The van der Waals surface area contributed by atoms with Gasteiger partial charge < -0.3 is 14.6 Å². The summed E-state index contributed by atoms with van der Waals surface area (Å²) in [7, 11) is 1.61. The van der Waals surface area contributed by atoms with E-state index in [1.807, 2.05) is 24.3 Å². The van der Waals surface area contributed by atoms with Gasteiger partial charge in [-0.2, -0.15) is 0 Å². The molecule has 0 aliphatic heterocycles. The van der Waals surface area contributed by atoms with Crippen LogP contribution in [0.1, 0.15) is 25.3 Å². The van der Waals surface area contributed by atoms with Gasteiger partial charge in [0.1, 0.15) is 5.75 Å². The second-order valence-electron chi connectivity index (χ2n) is 4.80. The highest BCUT2D eigenvalue weighted by Gasteiger charge is 2.29. The van der Waals surface area contributed by atoms with Gasteiger partial charge in [-0.25, -0.2) is 0 Å². The first kappa shape index (κ1) is 14.6. The average Bonchev–Trinajstić information content (AvgIpc) is 2.47. The number of aliphatic hydroxyl groups is 1. The van der Waals surface area contributed by atoms with E-state index in [9.17, 15) is 9.90 Å². The van der Waals surface area contributed by atoms with E-state index in [1.54, 1.807) is 20.1 Å². The van der Waals surface area contributed by atoms with Crippen molar-refractivity contribution in [3.8, 4) is 5.75 Å². The highest BCUT2D eigenvalue weighted by atomic mass is 16.5. The zero-order chi connectivity index (χ0) is 14.5. The molecular formula is C16H20O4. The summed E-state index contributed by atoms with van der Waals surface area (Å²) in [5, 5.41) is 9.82. The minimum atomic E-state index is -0.502. The molecule has 0 heterocycles. The van der Waals surface area contributed by atoms with Gasteiger partial charge in [-0.1, -0.05) is 18.2 Å². The molecule has 0 spiro atoms. The number of esters is 1. The van der Waals surface area contributed by atoms with E-state index in [2.05, 4.69) is 0 Å². The molecule has 1 aliphatic carbocycles. The standard InChI is InChI=1S/C16H20O4/c1-3-20-16(18)14-9-6-12(17)10-15(14)11-4-7-13(19-2)8-5-11/h4-5,7-8,10,12,14,17H,3,6,9H2,1-2H3. The first-order chi connectivity index (χ1) is 9.65. The van der Waals surface area contributed by atoms with E-state index in [0.717, 1.165) is 16.9 Å². The fourth-order valence-electron chi connectivity index (χ4n) is 2.47. The van der Waals surface area contributed by atoms with Crippen LogP contribution in [0, 0.1) is 5.92 Å². The summed E-state index contributed by atoms with van der Waals surface area (Å²) >= 11 is 0. The van der Waals surface area contributed by atoms with Gasteiger partial charge in [0.2, 0.25) is 0 Å². The van der Waals surface area contributed by atoms with Gasteiger partial charge in [0.05, 0.1) is 25.7 Å². The van der Waals surface area contributed by atoms with E-state index in [0.29, 0.717) is 19.4 Å². The van der Waals surface area contributed by atoms with Gasteiger partial charge in [0, 0.05) is 0 Å². The van der Waals surface area contributed by atoms with Crippen molar-refractivity contribution in [3.05, 3.63) is 35.9 Å². The zero-order valence-corrected chi connectivity index (χ0v) is 11.8. The molecule has 1 aromatic carbocycles. The van der Waals surface area contributed by atoms with Gasteiger partial charge in [-0.15, -0.1) is 0 Å². The van der Waals surface area contributed by atoms with Crippen molar-refractivity contribution in [3.63, 3.8) is 0 Å². The van der Waals surface area contributed by atoms with Crippen molar-refractivity contribution in [2.75, 3.05) is 13.7 Å². The van der Waals surface area contributed by atoms with Crippen LogP contribution in [0.15, 0.2) is 30.3 Å². The second-order valence-corrected chi connectivity index (χ2v) is 4.80. The Morgan fingerprint density at radius 1 is 1.30 bits per heavy atom. The third-order valence-corrected chi connectivity index (χ3v) is 3.49. The number of benzene rings is 1. The number of hydrogen-bond acceptors (Lipinski definition) is 4. The molecule has 0 amide bonds. The molecule has 2 unspecified atom stereocenters. The van der Waals surface area contributed by atoms with Gasteiger partial charge >= 0.3 is 5.97 Å². The van der Waals surface area contributed by atoms with E-state index >= 15 is 0 Å². The van der Waals surface area contributed by atoms with Crippen LogP contribution in [-0.2, 0) is 9.53 Å². The van der Waals surface area contributed by atoms with Gasteiger partial charge in [-0.05, 0) is 43.0 Å². The van der Waals surface area contributed by atoms with Crippen LogP contribution in [0.25, 0.3) is 5.57 Å². The third-order valence-electron chi connectivity index (χ3n) is 3.49. The molecule has 4 heteroatoms. The topological polar surface area (TPSA) is 55.8 Å². The lowest BCUT2D eigenvalue weighted by molar-refractivity contribution is -0.146. The lowest BCUT2D eigenvalue weighted by atomic mass is 9.82. The van der Waals surface area contributed by atoms with Crippen molar-refractivity contribution in [1.29, 1.82) is 0 Å². The van der Waals surface area contributed by atoms with E-state index in [4.69, 9.17) is 9.47 Å². The highest BCUT2D eigenvalue weighted by molar-refractivity contribution is 5.89. The second kappa shape index (κ2) is 6.57. The van der Waals surface area contributed by atoms with E-state index in [1.165, 1.54) is 0 Å². The molecule has 0 saturated carbocycles. The van der Waals surface area contributed by atoms with E-state index < -0.39 is 6.10 Å². The van der Waals surface area contributed by atoms with Gasteiger partial charge in [0.15, 0.2) is 0 Å². The van der Waals surface area contributed by atoms with Crippen molar-refractivity contribution in [2.24, 2.45) is 5.92 Å². The first-order valence-corrected chi connectivity index (χ1v) is 6.86. The predicted octanol–water partition coefficient (Wildman–Crippen LogP) is 2.41. The maximum absolute atomic E-state index is 12.0. The Morgan fingerprint density at radius 2 is 2.00 bits per heavy atom. The summed E-state index contributed by atoms with van der Waals surface area (Å²) in [5.74, 6) is 0.242. The van der Waals surface area contributed by atoms with E-state index in [-0.39, 0.29) is 11.9 Å². The summed E-state index contributed by atoms with van der Waals surface area (Å²) in [6, 6.07) is 7.49. The minimum Gasteiger partial charge on any atom is -0.497 e. The molecule has 1 N–H and O–H groups in total. The molecule has 20 heavy (non-hydrogen) atoms. The summed E-state index contributed by atoms with van der Waals surface area (Å²) in [4.78, 5) is 12.0. The maximum atomic E-state index is 12.0. The Bertz CT molecular complexity index is 490. The Morgan fingerprint density at radius 3 is 2.60 bits per heavy atom. The lowest BCUT2D eigenvalue weighted by Gasteiger charge is -2.25. The van der Waals surface area contributed by atoms with Crippen LogP contribution in [-0.4, -0.2) is 30.9 Å². The molecule has 0 saturated heterocycles. The molecule has 1 aliphatic rings. The van der Waals surface area contributed by atoms with Crippen LogP contribution in [0.3, 0.4) is 0 Å². The molecule has 2 rings (SSSR count). The molecule has 1 aromatic rings. The lowest BCUT2D eigenvalue weighted by Crippen LogP contribution is -2.25. The summed E-state index contributed by atoms with van der Waals surface area (Å²) < 4.78 is 10.3. The molecular weight excluding hydrogens is 256 g/mol. The fourth-order valence-corrected chi connectivity index (χ4v) is 2.47. The predicted molar refractivity (Wildman–Crippen MR) is 76.3 cm³/mol. The number of ether oxygens (including phenoxy) is 2. The molecule has 0 radical (unpaired) electrons. The number of methoxy groups -OCH3 is 1. The SMILES string of the molecule is CCOC(=O)C1CCC(O)C=C1c1ccc(OC)cc1.